The smallest absolute Gasteiger partial charge is 0.378 e. The molecule has 4 fully saturated rings. The van der Waals surface area contributed by atoms with Gasteiger partial charge in [-0.15, -0.1) is 0 Å². The minimum Gasteiger partial charge on any atom is -0.378 e. The number of alkyl halides is 6. The van der Waals surface area contributed by atoms with E-state index in [9.17, 15) is 43.2 Å². The monoisotopic (exact) mass is 522 g/mol. The Morgan fingerprint density at radius 1 is 0.788 bits per heavy atom. The first-order chi connectivity index (χ1) is 14.9. The lowest BCUT2D eigenvalue weighted by Crippen LogP contribution is -2.61. The fraction of sp³-hybridized carbons (Fsp3) is 0.684. The Bertz CT molecular complexity index is 1110. The average molecular weight is 522 g/mol. The van der Waals surface area contributed by atoms with Gasteiger partial charge in [-0.05, 0) is 79.4 Å². The molecule has 1 aromatic carbocycles. The Kier molecular flexibility index (Phi) is 5.39. The van der Waals surface area contributed by atoms with Crippen molar-refractivity contribution in [2.75, 3.05) is 0 Å². The quantitative estimate of drug-likeness (QED) is 0.320. The van der Waals surface area contributed by atoms with Crippen LogP contribution < -0.4 is 4.18 Å². The molecule has 33 heavy (non-hydrogen) atoms. The fourth-order valence-corrected chi connectivity index (χ4v) is 7.42. The first-order valence-electron chi connectivity index (χ1n) is 10.1. The maximum Gasteiger partial charge on any atom is 0.450 e. The van der Waals surface area contributed by atoms with E-state index in [2.05, 4.69) is 4.18 Å². The van der Waals surface area contributed by atoms with Gasteiger partial charge in [-0.2, -0.15) is 43.2 Å². The molecule has 1 aromatic rings. The third kappa shape index (κ3) is 3.63. The van der Waals surface area contributed by atoms with Crippen LogP contribution in [0.2, 0.25) is 0 Å². The lowest BCUT2D eigenvalue weighted by Gasteiger charge is -2.57. The molecule has 6 nitrogen and oxygen atoms in total. The molecule has 0 saturated heterocycles. The third-order valence-corrected chi connectivity index (χ3v) is 9.28. The van der Waals surface area contributed by atoms with Gasteiger partial charge in [0.05, 0.1) is 0 Å². The van der Waals surface area contributed by atoms with Gasteiger partial charge in [0.1, 0.15) is 5.75 Å². The molecule has 4 saturated carbocycles. The van der Waals surface area contributed by atoms with Crippen LogP contribution in [0.25, 0.3) is 0 Å². The van der Waals surface area contributed by atoms with Crippen molar-refractivity contribution in [2.45, 2.75) is 60.4 Å². The fourth-order valence-electron chi connectivity index (χ4n) is 6.00. The topological polar surface area (TPSA) is 97.7 Å². The van der Waals surface area contributed by atoms with Gasteiger partial charge in [0.25, 0.3) is 0 Å². The molecule has 14 heteroatoms. The highest BCUT2D eigenvalue weighted by Crippen LogP contribution is 2.60. The Balaban J connectivity index is 1.58. The van der Waals surface area contributed by atoms with Crippen molar-refractivity contribution in [1.29, 1.82) is 0 Å². The van der Waals surface area contributed by atoms with E-state index in [0.29, 0.717) is 17.8 Å². The third-order valence-electron chi connectivity index (χ3n) is 7.08. The van der Waals surface area contributed by atoms with E-state index in [0.717, 1.165) is 56.2 Å². The van der Waals surface area contributed by atoms with Gasteiger partial charge in [-0.1, -0.05) is 12.1 Å². The van der Waals surface area contributed by atoms with Gasteiger partial charge in [0, 0.05) is 0 Å². The SMILES string of the molecule is O=S(=O)(O)C(F)(F)C(F)(F)C(F)(F)S(=O)(=O)Oc1ccc(C23CC4CC(CC(C4)C2)C3)cc1. The zero-order valence-electron chi connectivity index (χ0n) is 16.9. The van der Waals surface area contributed by atoms with E-state index < -0.39 is 42.4 Å². The zero-order valence-corrected chi connectivity index (χ0v) is 18.5. The standard InChI is InChI=1S/C19H20F6O6S2/c20-17(21,18(22,23)32(26,27)28)19(24,25)33(29,30)31-15-3-1-14(2-4-15)16-8-11-5-12(9-16)7-13(6-11)10-16/h1-4,11-13H,5-10H2,(H,26,27,28). The number of hydrogen-bond acceptors (Lipinski definition) is 5. The molecular weight excluding hydrogens is 502 g/mol. The summed E-state index contributed by atoms with van der Waals surface area (Å²) in [6, 6.07) is 4.78. The van der Waals surface area contributed by atoms with Crippen molar-refractivity contribution in [3.63, 3.8) is 0 Å². The molecule has 4 bridgehead atoms. The molecule has 186 valence electrons. The van der Waals surface area contributed by atoms with E-state index >= 15 is 0 Å². The van der Waals surface area contributed by atoms with Gasteiger partial charge < -0.3 is 4.18 Å². The van der Waals surface area contributed by atoms with Gasteiger partial charge in [-0.25, -0.2) is 0 Å². The predicted octanol–water partition coefficient (Wildman–Crippen LogP) is 4.57. The van der Waals surface area contributed by atoms with Gasteiger partial charge in [0.2, 0.25) is 0 Å². The van der Waals surface area contributed by atoms with E-state index in [1.54, 1.807) is 0 Å². The highest BCUT2D eigenvalue weighted by atomic mass is 32.2. The van der Waals surface area contributed by atoms with E-state index in [1.807, 2.05) is 0 Å². The van der Waals surface area contributed by atoms with Crippen molar-refractivity contribution in [3.05, 3.63) is 29.8 Å². The lowest BCUT2D eigenvalue weighted by atomic mass is 9.48. The maximum absolute atomic E-state index is 14.0. The molecule has 4 aliphatic carbocycles. The molecule has 0 atom stereocenters. The van der Waals surface area contributed by atoms with Crippen molar-refractivity contribution in [1.82, 2.24) is 0 Å². The number of rotatable bonds is 7. The molecule has 4 aliphatic rings. The molecular formula is C19H20F6O6S2. The molecule has 0 aliphatic heterocycles. The van der Waals surface area contributed by atoms with Crippen molar-refractivity contribution in [2.24, 2.45) is 17.8 Å². The summed E-state index contributed by atoms with van der Waals surface area (Å²) in [5.74, 6) is -6.17. The second-order valence-electron chi connectivity index (χ2n) is 9.34. The molecule has 0 amide bonds. The summed E-state index contributed by atoms with van der Waals surface area (Å²) in [5, 5.41) is -13.5. The molecule has 0 radical (unpaired) electrons. The van der Waals surface area contributed by atoms with E-state index in [-0.39, 0.29) is 5.41 Å². The molecule has 1 N–H and O–H groups in total. The van der Waals surface area contributed by atoms with Gasteiger partial charge >= 0.3 is 36.7 Å². The summed E-state index contributed by atoms with van der Waals surface area (Å²) in [6.07, 6.45) is 6.22. The molecule has 0 unspecified atom stereocenters. The zero-order chi connectivity index (χ0) is 24.7. The van der Waals surface area contributed by atoms with Crippen LogP contribution in [-0.2, 0) is 25.7 Å². The Morgan fingerprint density at radius 3 is 1.61 bits per heavy atom. The van der Waals surface area contributed by atoms with Crippen LogP contribution in [0.5, 0.6) is 5.75 Å². The normalized spacial score (nSPS) is 30.5. The molecule has 0 heterocycles. The summed E-state index contributed by atoms with van der Waals surface area (Å²) >= 11 is 0. The summed E-state index contributed by atoms with van der Waals surface area (Å²) in [5.41, 5.74) is 0.669. The first-order valence-corrected chi connectivity index (χ1v) is 12.9. The van der Waals surface area contributed by atoms with Crippen LogP contribution in [0.4, 0.5) is 26.3 Å². The minimum absolute atomic E-state index is 0.152. The van der Waals surface area contributed by atoms with Crippen LogP contribution in [0, 0.1) is 17.8 Å². The summed E-state index contributed by atoms with van der Waals surface area (Å²) < 4.78 is 139. The predicted molar refractivity (Wildman–Crippen MR) is 102 cm³/mol. The highest BCUT2D eigenvalue weighted by Gasteiger charge is 2.83. The second kappa shape index (κ2) is 7.23. The van der Waals surface area contributed by atoms with Crippen LogP contribution in [0.1, 0.15) is 44.1 Å². The summed E-state index contributed by atoms with van der Waals surface area (Å²) in [4.78, 5) is 0. The number of hydrogen-bond donors (Lipinski definition) is 1. The van der Waals surface area contributed by atoms with Crippen LogP contribution in [0.15, 0.2) is 24.3 Å². The van der Waals surface area contributed by atoms with Crippen molar-refractivity contribution in [3.8, 4) is 5.75 Å². The number of benzene rings is 1. The molecule has 5 rings (SSSR count). The summed E-state index contributed by atoms with van der Waals surface area (Å²) in [6.45, 7) is 0. The van der Waals surface area contributed by atoms with Gasteiger partial charge in [-0.3, -0.25) is 4.55 Å². The molecule has 0 aromatic heterocycles. The highest BCUT2D eigenvalue weighted by molar-refractivity contribution is 7.88. The van der Waals surface area contributed by atoms with Gasteiger partial charge in [0.15, 0.2) is 0 Å². The first kappa shape index (κ1) is 24.6. The lowest BCUT2D eigenvalue weighted by molar-refractivity contribution is -0.247. The Hall–Kier alpha value is -1.54. The Morgan fingerprint density at radius 2 is 1.21 bits per heavy atom. The number of halogens is 6. The Labute approximate surface area is 186 Å². The van der Waals surface area contributed by atoms with Crippen molar-refractivity contribution < 1.29 is 51.9 Å². The largest absolute Gasteiger partial charge is 0.450 e. The van der Waals surface area contributed by atoms with Crippen LogP contribution >= 0.6 is 0 Å². The van der Waals surface area contributed by atoms with Crippen LogP contribution in [0.3, 0.4) is 0 Å². The summed E-state index contributed by atoms with van der Waals surface area (Å²) in [7, 11) is -13.9. The van der Waals surface area contributed by atoms with Crippen LogP contribution in [-0.4, -0.2) is 37.8 Å². The maximum atomic E-state index is 14.0. The minimum atomic E-state index is -7.09. The van der Waals surface area contributed by atoms with E-state index in [1.165, 1.54) is 12.1 Å². The molecule has 0 spiro atoms. The second-order valence-corrected chi connectivity index (χ2v) is 12.4. The van der Waals surface area contributed by atoms with Crippen molar-refractivity contribution >= 4 is 20.2 Å². The average Bonchev–Trinajstić information content (AvgIpc) is 2.65. The van der Waals surface area contributed by atoms with E-state index in [4.69, 9.17) is 4.55 Å².